The van der Waals surface area contributed by atoms with Crippen LogP contribution in [-0.2, 0) is 9.59 Å². The number of rotatable bonds is 7. The number of nitrogens with zero attached hydrogens (tertiary/aromatic N) is 2. The highest BCUT2D eigenvalue weighted by Gasteiger charge is 2.32. The molecule has 0 saturated carbocycles. The molecule has 10 nitrogen and oxygen atoms in total. The molecule has 170 valence electrons. The molecule has 1 aliphatic heterocycles. The number of thioether (sulfide) groups is 1. The number of hydrogen-bond donors (Lipinski definition) is 2. The maximum Gasteiger partial charge on any atom is 0.282 e. The van der Waals surface area contributed by atoms with Gasteiger partial charge in [-0.2, -0.15) is 0 Å². The van der Waals surface area contributed by atoms with Crippen molar-refractivity contribution >= 4 is 57.8 Å². The largest absolute Gasteiger partial charge is 0.496 e. The maximum absolute atomic E-state index is 12.7. The summed E-state index contributed by atoms with van der Waals surface area (Å²) in [5, 5.41) is 11.0. The first-order valence-corrected chi connectivity index (χ1v) is 10.7. The number of methoxy groups -OCH3 is 1. The minimum Gasteiger partial charge on any atom is -0.496 e. The van der Waals surface area contributed by atoms with E-state index in [1.54, 1.807) is 18.2 Å². The Morgan fingerprint density at radius 1 is 1.18 bits per heavy atom. The minimum atomic E-state index is -0.832. The third-order valence-corrected chi connectivity index (χ3v) is 5.90. The second-order valence-corrected chi connectivity index (χ2v) is 8.28. The van der Waals surface area contributed by atoms with Gasteiger partial charge in [-0.3, -0.25) is 40.2 Å². The van der Waals surface area contributed by atoms with Crippen LogP contribution in [0, 0.1) is 10.1 Å². The lowest BCUT2D eigenvalue weighted by Gasteiger charge is -2.14. The lowest BCUT2D eigenvalue weighted by molar-refractivity contribution is -0.385. The van der Waals surface area contributed by atoms with Crippen LogP contribution in [0.3, 0.4) is 0 Å². The fraction of sp³-hybridized carbons (Fsp3) is 0.143. The first-order chi connectivity index (χ1) is 15.8. The highest BCUT2D eigenvalue weighted by atomic mass is 32.2. The summed E-state index contributed by atoms with van der Waals surface area (Å²) in [4.78, 5) is 49.1. The third kappa shape index (κ3) is 5.73. The van der Waals surface area contributed by atoms with Crippen molar-refractivity contribution in [2.24, 2.45) is 0 Å². The summed E-state index contributed by atoms with van der Waals surface area (Å²) in [6.45, 7) is 0.00111. The molecule has 0 aliphatic carbocycles. The van der Waals surface area contributed by atoms with E-state index in [4.69, 9.17) is 17.0 Å². The van der Waals surface area contributed by atoms with Gasteiger partial charge in [-0.25, -0.2) is 0 Å². The molecule has 12 heteroatoms. The third-order valence-electron chi connectivity index (χ3n) is 4.52. The molecule has 1 fully saturated rings. The summed E-state index contributed by atoms with van der Waals surface area (Å²) in [6.07, 6.45) is 1.52. The van der Waals surface area contributed by atoms with Gasteiger partial charge in [-0.15, -0.1) is 0 Å². The molecule has 0 aromatic heterocycles. The Labute approximate surface area is 198 Å². The predicted molar refractivity (Wildman–Crippen MR) is 126 cm³/mol. The minimum absolute atomic E-state index is 0.00111. The van der Waals surface area contributed by atoms with Crippen molar-refractivity contribution < 1.29 is 24.0 Å². The molecule has 1 saturated heterocycles. The van der Waals surface area contributed by atoms with Gasteiger partial charge in [-0.1, -0.05) is 54.3 Å². The van der Waals surface area contributed by atoms with Crippen LogP contribution < -0.4 is 15.6 Å². The first kappa shape index (κ1) is 23.9. The molecule has 3 amide bonds. The summed E-state index contributed by atoms with van der Waals surface area (Å²) in [7, 11) is 1.53. The van der Waals surface area contributed by atoms with Crippen molar-refractivity contribution in [1.29, 1.82) is 0 Å². The van der Waals surface area contributed by atoms with Gasteiger partial charge in [0.25, 0.3) is 17.5 Å². The highest BCUT2D eigenvalue weighted by molar-refractivity contribution is 8.26. The zero-order valence-corrected chi connectivity index (χ0v) is 18.9. The number of ether oxygens (including phenoxy) is 1. The average Bonchev–Trinajstić information content (AvgIpc) is 3.08. The predicted octanol–water partition coefficient (Wildman–Crippen LogP) is 2.66. The number of nitrogens with one attached hydrogen (secondary N) is 2. The van der Waals surface area contributed by atoms with Gasteiger partial charge in [0.05, 0.1) is 16.9 Å². The van der Waals surface area contributed by atoms with Crippen LogP contribution in [0.25, 0.3) is 6.08 Å². The zero-order valence-electron chi connectivity index (χ0n) is 17.3. The van der Waals surface area contributed by atoms with Crippen LogP contribution in [0.15, 0.2) is 53.4 Å². The van der Waals surface area contributed by atoms with Crippen LogP contribution in [0.2, 0.25) is 0 Å². The lowest BCUT2D eigenvalue weighted by atomic mass is 10.2. The second-order valence-electron chi connectivity index (χ2n) is 6.60. The van der Waals surface area contributed by atoms with E-state index < -0.39 is 16.7 Å². The number of carbonyl (C=O) groups is 3. The molecule has 2 aromatic carbocycles. The van der Waals surface area contributed by atoms with Gasteiger partial charge in [-0.05, 0) is 18.2 Å². The quantitative estimate of drug-likeness (QED) is 0.264. The number of thiocarbonyl (C=S) groups is 1. The average molecular weight is 487 g/mol. The van der Waals surface area contributed by atoms with E-state index in [2.05, 4.69) is 10.9 Å². The molecule has 3 rings (SSSR count). The number of benzene rings is 2. The Morgan fingerprint density at radius 2 is 1.88 bits per heavy atom. The van der Waals surface area contributed by atoms with Gasteiger partial charge >= 0.3 is 0 Å². The number of hydrazine groups is 1. The summed E-state index contributed by atoms with van der Waals surface area (Å²) >= 11 is 6.38. The number of hydrogen-bond acceptors (Lipinski definition) is 8. The van der Waals surface area contributed by atoms with E-state index in [1.807, 2.05) is 12.1 Å². The Bertz CT molecular complexity index is 1170. The second kappa shape index (κ2) is 10.7. The van der Waals surface area contributed by atoms with Gasteiger partial charge in [0.15, 0.2) is 0 Å². The molecular formula is C21H18N4O6S2. The Balaban J connectivity index is 1.57. The summed E-state index contributed by atoms with van der Waals surface area (Å²) in [6, 6.07) is 12.6. The molecule has 0 spiro atoms. The fourth-order valence-electron chi connectivity index (χ4n) is 2.91. The normalized spacial score (nSPS) is 14.3. The van der Waals surface area contributed by atoms with Crippen LogP contribution in [-0.4, -0.2) is 45.5 Å². The number of amides is 3. The van der Waals surface area contributed by atoms with Gasteiger partial charge in [0.2, 0.25) is 5.91 Å². The van der Waals surface area contributed by atoms with Crippen molar-refractivity contribution in [2.45, 2.75) is 6.42 Å². The number of carbonyl (C=O) groups excluding carboxylic acids is 3. The maximum atomic E-state index is 12.7. The van der Waals surface area contributed by atoms with Gasteiger partial charge in [0.1, 0.15) is 15.6 Å². The Kier molecular flexibility index (Phi) is 7.74. The topological polar surface area (TPSA) is 131 Å². The Hall–Kier alpha value is -3.77. The van der Waals surface area contributed by atoms with Crippen molar-refractivity contribution in [3.05, 3.63) is 74.7 Å². The molecule has 0 atom stereocenters. The van der Waals surface area contributed by atoms with E-state index in [0.717, 1.165) is 17.3 Å². The molecule has 0 radical (unpaired) electrons. The first-order valence-electron chi connectivity index (χ1n) is 9.52. The molecule has 0 unspecified atom stereocenters. The smallest absolute Gasteiger partial charge is 0.282 e. The molecule has 2 aromatic rings. The van der Waals surface area contributed by atoms with Crippen LogP contribution in [0.1, 0.15) is 22.3 Å². The van der Waals surface area contributed by atoms with Crippen LogP contribution in [0.5, 0.6) is 5.75 Å². The van der Waals surface area contributed by atoms with Crippen molar-refractivity contribution in [3.8, 4) is 5.75 Å². The van der Waals surface area contributed by atoms with E-state index in [-0.39, 0.29) is 30.1 Å². The van der Waals surface area contributed by atoms with Crippen LogP contribution in [0.4, 0.5) is 5.69 Å². The zero-order chi connectivity index (χ0) is 24.0. The number of nitro benzene ring substituents is 1. The van der Waals surface area contributed by atoms with Crippen molar-refractivity contribution in [2.75, 3.05) is 13.7 Å². The summed E-state index contributed by atoms with van der Waals surface area (Å²) in [5.41, 5.74) is 4.46. The molecule has 2 N–H and O–H groups in total. The lowest BCUT2D eigenvalue weighted by Crippen LogP contribution is -2.43. The number of para-hydroxylation sites is 2. The van der Waals surface area contributed by atoms with E-state index in [9.17, 15) is 24.5 Å². The fourth-order valence-corrected chi connectivity index (χ4v) is 4.21. The summed E-state index contributed by atoms with van der Waals surface area (Å²) < 4.78 is 5.59. The molecule has 1 aliphatic rings. The van der Waals surface area contributed by atoms with Crippen LogP contribution >= 0.6 is 24.0 Å². The van der Waals surface area contributed by atoms with Gasteiger partial charge < -0.3 is 4.74 Å². The van der Waals surface area contributed by atoms with E-state index in [1.165, 1.54) is 36.3 Å². The highest BCUT2D eigenvalue weighted by Crippen LogP contribution is 2.34. The summed E-state index contributed by atoms with van der Waals surface area (Å²) in [5.74, 6) is -1.16. The molecule has 33 heavy (non-hydrogen) atoms. The van der Waals surface area contributed by atoms with Crippen molar-refractivity contribution in [1.82, 2.24) is 15.8 Å². The van der Waals surface area contributed by atoms with E-state index >= 15 is 0 Å². The molecule has 1 heterocycles. The van der Waals surface area contributed by atoms with Gasteiger partial charge in [0, 0.05) is 24.6 Å². The SMILES string of the molecule is COc1ccccc1/C=C1\SC(=S)N(CCC(=O)NNC(=O)c2ccccc2[N+](=O)[O-])C1=O. The Morgan fingerprint density at radius 3 is 2.61 bits per heavy atom. The van der Waals surface area contributed by atoms with Crippen molar-refractivity contribution in [3.63, 3.8) is 0 Å². The molecule has 0 bridgehead atoms. The monoisotopic (exact) mass is 486 g/mol. The standard InChI is InChI=1S/C21H18N4O6S2/c1-31-16-9-5-2-6-13(16)12-17-20(28)24(21(32)33-17)11-10-18(26)22-23-19(27)14-7-3-4-8-15(14)25(29)30/h2-9,12H,10-11H2,1H3,(H,22,26)(H,23,27)/b17-12-. The van der Waals surface area contributed by atoms with E-state index in [0.29, 0.717) is 15.0 Å². The number of nitro groups is 1. The molecular weight excluding hydrogens is 468 g/mol.